The molecule has 0 aliphatic heterocycles. The maximum atomic E-state index is 13.8. The van der Waals surface area contributed by atoms with Gasteiger partial charge in [0.15, 0.2) is 0 Å². The van der Waals surface area contributed by atoms with Gasteiger partial charge in [-0.05, 0) is 50.6 Å². The molecule has 0 unspecified atom stereocenters. The fraction of sp³-hybridized carbons (Fsp3) is 0.391. The van der Waals surface area contributed by atoms with Crippen molar-refractivity contribution >= 4 is 50.7 Å². The summed E-state index contributed by atoms with van der Waals surface area (Å²) >= 11 is 12.6. The normalized spacial score (nSPS) is 12.4. The molecule has 2 amide bonds. The van der Waals surface area contributed by atoms with E-state index < -0.39 is 40.2 Å². The number of anilines is 1. The molecule has 0 radical (unpaired) electrons. The van der Waals surface area contributed by atoms with Gasteiger partial charge in [-0.2, -0.15) is 0 Å². The van der Waals surface area contributed by atoms with Crippen molar-refractivity contribution in [3.8, 4) is 0 Å². The first kappa shape index (κ1) is 27.9. The third-order valence-corrected chi connectivity index (χ3v) is 6.83. The molecule has 0 saturated carbocycles. The highest BCUT2D eigenvalue weighted by Crippen LogP contribution is 2.27. The quantitative estimate of drug-likeness (QED) is 0.496. The molecule has 0 heterocycles. The highest BCUT2D eigenvalue weighted by Gasteiger charge is 2.32. The largest absolute Gasteiger partial charge is 0.352 e. The lowest BCUT2D eigenvalue weighted by atomic mass is 10.1. The summed E-state index contributed by atoms with van der Waals surface area (Å²) in [7, 11) is -3.96. The van der Waals surface area contributed by atoms with Crippen LogP contribution in [-0.4, -0.2) is 50.0 Å². The van der Waals surface area contributed by atoms with Crippen molar-refractivity contribution in [1.82, 2.24) is 10.2 Å². The lowest BCUT2D eigenvalue weighted by molar-refractivity contribution is -0.140. The Labute approximate surface area is 209 Å². The van der Waals surface area contributed by atoms with Gasteiger partial charge in [-0.15, -0.1) is 0 Å². The Morgan fingerprint density at radius 3 is 2.18 bits per heavy atom. The van der Waals surface area contributed by atoms with E-state index in [9.17, 15) is 22.4 Å². The third kappa shape index (κ3) is 7.32. The number of carbonyl (C=O) groups excluding carboxylic acids is 2. The number of nitrogens with one attached hydrogen (secondary N) is 1. The molecule has 34 heavy (non-hydrogen) atoms. The summed E-state index contributed by atoms with van der Waals surface area (Å²) in [5.74, 6) is -1.72. The minimum atomic E-state index is -3.96. The molecule has 0 saturated heterocycles. The standard InChI is InChI=1S/C23H28Cl2FN3O4S/c1-5-21(23(31)27-15(2)3)28(13-18-19(24)10-7-11-20(18)25)22(30)14-29(34(4,32)33)17-9-6-8-16(26)12-17/h6-12,15,21H,5,13-14H2,1-4H3,(H,27,31)/t21-/m0/s1. The van der Waals surface area contributed by atoms with Crippen molar-refractivity contribution in [2.75, 3.05) is 17.1 Å². The van der Waals surface area contributed by atoms with Crippen molar-refractivity contribution in [1.29, 1.82) is 0 Å². The molecule has 1 N–H and O–H groups in total. The Morgan fingerprint density at radius 2 is 1.68 bits per heavy atom. The summed E-state index contributed by atoms with van der Waals surface area (Å²) < 4.78 is 39.6. The molecule has 2 aromatic carbocycles. The van der Waals surface area contributed by atoms with Crippen LogP contribution in [0.3, 0.4) is 0 Å². The van der Waals surface area contributed by atoms with Gasteiger partial charge in [-0.1, -0.05) is 42.3 Å². The second-order valence-electron chi connectivity index (χ2n) is 8.06. The molecular formula is C23H28Cl2FN3O4S. The summed E-state index contributed by atoms with van der Waals surface area (Å²) in [4.78, 5) is 27.7. The van der Waals surface area contributed by atoms with E-state index in [1.807, 2.05) is 0 Å². The lowest BCUT2D eigenvalue weighted by Crippen LogP contribution is -2.53. The SMILES string of the molecule is CC[C@@H](C(=O)NC(C)C)N(Cc1c(Cl)cccc1Cl)C(=O)CN(c1cccc(F)c1)S(C)(=O)=O. The van der Waals surface area contributed by atoms with Crippen LogP contribution < -0.4 is 9.62 Å². The van der Waals surface area contributed by atoms with Crippen LogP contribution in [0.4, 0.5) is 10.1 Å². The van der Waals surface area contributed by atoms with E-state index in [1.54, 1.807) is 39.0 Å². The summed E-state index contributed by atoms with van der Waals surface area (Å²) in [6.45, 7) is 4.55. The van der Waals surface area contributed by atoms with Gasteiger partial charge in [0.25, 0.3) is 0 Å². The van der Waals surface area contributed by atoms with Gasteiger partial charge >= 0.3 is 0 Å². The zero-order valence-corrected chi connectivity index (χ0v) is 21.7. The first-order chi connectivity index (χ1) is 15.8. The molecule has 0 spiro atoms. The highest BCUT2D eigenvalue weighted by atomic mass is 35.5. The van der Waals surface area contributed by atoms with Gasteiger partial charge in [0.05, 0.1) is 11.9 Å². The monoisotopic (exact) mass is 531 g/mol. The van der Waals surface area contributed by atoms with Gasteiger partial charge in [0.1, 0.15) is 18.4 Å². The number of amides is 2. The Balaban J connectivity index is 2.51. The summed E-state index contributed by atoms with van der Waals surface area (Å²) in [5, 5.41) is 3.39. The van der Waals surface area contributed by atoms with Crippen LogP contribution in [0, 0.1) is 5.82 Å². The zero-order valence-electron chi connectivity index (χ0n) is 19.4. The topological polar surface area (TPSA) is 86.8 Å². The Bertz CT molecular complexity index is 1120. The van der Waals surface area contributed by atoms with Crippen LogP contribution in [0.2, 0.25) is 10.0 Å². The molecule has 186 valence electrons. The number of sulfonamides is 1. The number of halogens is 3. The second kappa shape index (κ2) is 11.9. The average Bonchev–Trinajstić information content (AvgIpc) is 2.72. The smallest absolute Gasteiger partial charge is 0.244 e. The summed E-state index contributed by atoms with van der Waals surface area (Å²) in [6.07, 6.45) is 1.18. The first-order valence-electron chi connectivity index (χ1n) is 10.6. The minimum Gasteiger partial charge on any atom is -0.352 e. The zero-order chi connectivity index (χ0) is 25.6. The van der Waals surface area contributed by atoms with Crippen molar-refractivity contribution in [2.24, 2.45) is 0 Å². The van der Waals surface area contributed by atoms with Crippen LogP contribution >= 0.6 is 23.2 Å². The Morgan fingerprint density at radius 1 is 1.09 bits per heavy atom. The van der Waals surface area contributed by atoms with E-state index in [-0.39, 0.29) is 24.7 Å². The first-order valence-corrected chi connectivity index (χ1v) is 13.2. The van der Waals surface area contributed by atoms with Crippen LogP contribution in [0.15, 0.2) is 42.5 Å². The van der Waals surface area contributed by atoms with Crippen LogP contribution in [0.25, 0.3) is 0 Å². The lowest BCUT2D eigenvalue weighted by Gasteiger charge is -2.33. The second-order valence-corrected chi connectivity index (χ2v) is 10.8. The molecule has 0 bridgehead atoms. The van der Waals surface area contributed by atoms with Crippen LogP contribution in [0.5, 0.6) is 0 Å². The molecule has 7 nitrogen and oxygen atoms in total. The molecule has 11 heteroatoms. The van der Waals surface area contributed by atoms with Crippen molar-refractivity contribution < 1.29 is 22.4 Å². The third-order valence-electron chi connectivity index (χ3n) is 4.98. The maximum Gasteiger partial charge on any atom is 0.244 e. The summed E-state index contributed by atoms with van der Waals surface area (Å²) in [6, 6.07) is 8.69. The van der Waals surface area contributed by atoms with Gasteiger partial charge in [-0.3, -0.25) is 13.9 Å². The number of hydrogen-bond acceptors (Lipinski definition) is 4. The fourth-order valence-corrected chi connectivity index (χ4v) is 4.76. The van der Waals surface area contributed by atoms with Crippen molar-refractivity contribution in [2.45, 2.75) is 45.8 Å². The predicted octanol–water partition coefficient (Wildman–Crippen LogP) is 4.23. The number of hydrogen-bond donors (Lipinski definition) is 1. The van der Waals surface area contributed by atoms with E-state index in [1.165, 1.54) is 23.1 Å². The van der Waals surface area contributed by atoms with E-state index in [4.69, 9.17) is 23.2 Å². The van der Waals surface area contributed by atoms with Gasteiger partial charge in [0, 0.05) is 28.2 Å². The van der Waals surface area contributed by atoms with Crippen LogP contribution in [0.1, 0.15) is 32.8 Å². The number of benzene rings is 2. The summed E-state index contributed by atoms with van der Waals surface area (Å²) in [5.41, 5.74) is 0.415. The molecule has 0 aliphatic carbocycles. The van der Waals surface area contributed by atoms with Gasteiger partial charge < -0.3 is 10.2 Å². The molecule has 1 atom stereocenters. The highest BCUT2D eigenvalue weighted by molar-refractivity contribution is 7.92. The molecule has 0 aliphatic rings. The average molecular weight is 532 g/mol. The Kier molecular flexibility index (Phi) is 9.73. The van der Waals surface area contributed by atoms with Crippen molar-refractivity contribution in [3.05, 3.63) is 63.9 Å². The number of rotatable bonds is 10. The Hall–Kier alpha value is -2.36. The van der Waals surface area contributed by atoms with Gasteiger partial charge in [0.2, 0.25) is 21.8 Å². The van der Waals surface area contributed by atoms with E-state index in [0.717, 1.165) is 16.6 Å². The predicted molar refractivity (Wildman–Crippen MR) is 133 cm³/mol. The van der Waals surface area contributed by atoms with E-state index in [0.29, 0.717) is 15.6 Å². The molecule has 0 fully saturated rings. The van der Waals surface area contributed by atoms with E-state index >= 15 is 0 Å². The van der Waals surface area contributed by atoms with E-state index in [2.05, 4.69) is 5.32 Å². The number of carbonyl (C=O) groups is 2. The molecule has 2 rings (SSSR count). The fourth-order valence-electron chi connectivity index (χ4n) is 3.40. The van der Waals surface area contributed by atoms with Crippen LogP contribution in [-0.2, 0) is 26.2 Å². The molecule has 2 aromatic rings. The van der Waals surface area contributed by atoms with Gasteiger partial charge in [-0.25, -0.2) is 12.8 Å². The minimum absolute atomic E-state index is 0.00810. The van der Waals surface area contributed by atoms with Crippen molar-refractivity contribution in [3.63, 3.8) is 0 Å². The molecule has 0 aromatic heterocycles. The molecular weight excluding hydrogens is 504 g/mol. The number of nitrogens with zero attached hydrogens (tertiary/aromatic N) is 2. The maximum absolute atomic E-state index is 13.8.